The van der Waals surface area contributed by atoms with Gasteiger partial charge in [0.15, 0.2) is 30.4 Å². The van der Waals surface area contributed by atoms with Gasteiger partial charge in [-0.05, 0) is 30.4 Å². The second-order valence-electron chi connectivity index (χ2n) is 6.66. The molecule has 0 aliphatic heterocycles. The molecule has 4 N–H and O–H groups in total. The molecule has 0 rings (SSSR count). The molecule has 0 saturated carbocycles. The maximum absolute atomic E-state index is 10.5. The summed E-state index contributed by atoms with van der Waals surface area (Å²) in [5.41, 5.74) is -12.3. The van der Waals surface area contributed by atoms with Crippen LogP contribution in [0.2, 0.25) is 0 Å². The van der Waals surface area contributed by atoms with Crippen LogP contribution in [0.15, 0.2) is 0 Å². The molecule has 0 saturated heterocycles. The summed E-state index contributed by atoms with van der Waals surface area (Å²) < 4.78 is 96.5. The van der Waals surface area contributed by atoms with Gasteiger partial charge in [0, 0.05) is 0 Å². The van der Waals surface area contributed by atoms with Crippen LogP contribution in [0.25, 0.3) is 0 Å². The van der Waals surface area contributed by atoms with E-state index in [1.54, 1.807) is 0 Å². The molecule has 0 fully saturated rings. The predicted molar refractivity (Wildman–Crippen MR) is 132 cm³/mol. The SMILES string of the molecule is O=P([O-])([O-])C(O)P(=O)([O-])OCCl.O=P([O-])([O-])C(O)P(=O)([O-])OCCl.O=P([O-])([O-])C(O)P(=O)([O-])OCCl.O=P([O-])([O-])C(O)P(=O)([O-])OCCl.[Pt+4].[Pt+4].[Pt+4]. The van der Waals surface area contributed by atoms with E-state index < -0.39 is 107 Å². The van der Waals surface area contributed by atoms with E-state index in [9.17, 15) is 95.2 Å². The molecule has 0 radical (unpaired) electrons. The Kier molecular flexibility index (Phi) is 40.4. The smallest absolute Gasteiger partial charge is 0.809 e. The molecule has 28 nitrogen and oxygen atoms in total. The Morgan fingerprint density at radius 3 is 0.510 bits per heavy atom. The molecule has 0 heterocycles. The number of aliphatic hydroxyl groups is 4. The quantitative estimate of drug-likeness (QED) is 0.0823. The van der Waals surface area contributed by atoms with Crippen molar-refractivity contribution in [2.75, 3.05) is 24.3 Å². The minimum Gasteiger partial charge on any atom is -0.809 e. The Bertz CT molecular complexity index is 1150. The zero-order valence-electron chi connectivity index (χ0n) is 22.8. The van der Waals surface area contributed by atoms with E-state index in [2.05, 4.69) is 18.1 Å². The van der Waals surface area contributed by atoms with Gasteiger partial charge in [-0.15, -0.1) is 0 Å². The van der Waals surface area contributed by atoms with Crippen LogP contribution in [0.1, 0.15) is 0 Å². The largest absolute Gasteiger partial charge is 4.00 e. The van der Waals surface area contributed by atoms with Crippen molar-refractivity contribution in [2.24, 2.45) is 0 Å². The van der Waals surface area contributed by atoms with Crippen molar-refractivity contribution in [1.82, 2.24) is 0 Å². The first kappa shape index (κ1) is 69.9. The molecule has 0 aromatic heterocycles. The maximum Gasteiger partial charge on any atom is 4.00 e. The van der Waals surface area contributed by atoms with E-state index in [1.807, 2.05) is 0 Å². The summed E-state index contributed by atoms with van der Waals surface area (Å²) in [6.07, 6.45) is 0. The summed E-state index contributed by atoms with van der Waals surface area (Å²) in [5.74, 6) is 0. The fraction of sp³-hybridized carbons (Fsp3) is 1.00. The van der Waals surface area contributed by atoms with E-state index in [4.69, 9.17) is 66.8 Å². The molecular formula is C8H16Cl4O28P8Pt3. The normalized spacial score (nSPS) is 18.9. The van der Waals surface area contributed by atoms with E-state index in [-0.39, 0.29) is 63.2 Å². The van der Waals surface area contributed by atoms with Crippen LogP contribution in [0.3, 0.4) is 0 Å². The monoisotopic (exact) mass is 1530 g/mol. The fourth-order valence-electron chi connectivity index (χ4n) is 1.23. The van der Waals surface area contributed by atoms with Crippen molar-refractivity contribution in [2.45, 2.75) is 22.3 Å². The molecule has 51 heavy (non-hydrogen) atoms. The molecule has 0 aliphatic rings. The number of aliphatic hydroxyl groups excluding tert-OH is 4. The topological polar surface area (TPSA) is 531 Å². The average molecular weight is 1540 g/mol. The molecule has 8 unspecified atom stereocenters. The van der Waals surface area contributed by atoms with E-state index in [1.165, 1.54) is 0 Å². The van der Waals surface area contributed by atoms with Gasteiger partial charge in [0.2, 0.25) is 0 Å². The Hall–Kier alpha value is 4.26. The van der Waals surface area contributed by atoms with Crippen molar-refractivity contribution in [1.29, 1.82) is 0 Å². The molecule has 0 aliphatic carbocycles. The number of hydrogen-bond acceptors (Lipinski definition) is 28. The van der Waals surface area contributed by atoms with Crippen LogP contribution in [-0.2, 0) is 118 Å². The van der Waals surface area contributed by atoms with E-state index >= 15 is 0 Å². The zero-order chi connectivity index (χ0) is 40.0. The minimum absolute atomic E-state index is 0. The molecule has 0 bridgehead atoms. The Balaban J connectivity index is -0.0000000993. The number of rotatable bonds is 16. The molecule has 43 heteroatoms. The van der Waals surface area contributed by atoms with Gasteiger partial charge in [-0.3, -0.25) is 0 Å². The van der Waals surface area contributed by atoms with Crippen molar-refractivity contribution in [3.63, 3.8) is 0 Å². The molecule has 0 spiro atoms. The molecule has 0 amide bonds. The van der Waals surface area contributed by atoms with E-state index in [0.717, 1.165) is 0 Å². The number of halogens is 4. The van der Waals surface area contributed by atoms with Crippen LogP contribution >= 0.6 is 107 Å². The second-order valence-corrected chi connectivity index (χ2v) is 22.7. The summed E-state index contributed by atoms with van der Waals surface area (Å²) in [6.45, 7) is 0. The summed E-state index contributed by atoms with van der Waals surface area (Å²) in [6, 6.07) is -3.45. The summed E-state index contributed by atoms with van der Waals surface area (Å²) in [7, 11) is -42.9. The Morgan fingerprint density at radius 1 is 0.353 bits per heavy atom. The summed E-state index contributed by atoms with van der Waals surface area (Å²) in [4.78, 5) is 122. The van der Waals surface area contributed by atoms with Crippen molar-refractivity contribution >= 4 is 107 Å². The van der Waals surface area contributed by atoms with Crippen LogP contribution < -0.4 is 58.7 Å². The van der Waals surface area contributed by atoms with Crippen molar-refractivity contribution in [3.8, 4) is 0 Å². The molecule has 8 atom stereocenters. The molecular weight excluding hydrogens is 1520 g/mol. The van der Waals surface area contributed by atoms with Crippen molar-refractivity contribution < 1.29 is 197 Å². The van der Waals surface area contributed by atoms with E-state index in [0.29, 0.717) is 0 Å². The third-order valence-corrected chi connectivity index (χ3v) is 17.5. The second kappa shape index (κ2) is 29.5. The first-order chi connectivity index (χ1) is 20.9. The molecule has 314 valence electrons. The standard InChI is InChI=1S/4C2H7ClO7P2.3Pt/c4*3-1-10-12(8,9)2(4)11(5,6)7;;;/h4*2,4H,1H2,(H,8,9)(H2,5,6,7);;;/q;;;;3*+4/p-12. The van der Waals surface area contributed by atoms with Gasteiger partial charge < -0.3 is 134 Å². The van der Waals surface area contributed by atoms with Gasteiger partial charge in [0.1, 0.15) is 46.6 Å². The molecule has 0 aromatic carbocycles. The third kappa shape index (κ3) is 31.8. The van der Waals surface area contributed by atoms with Gasteiger partial charge in [0.25, 0.3) is 0 Å². The maximum atomic E-state index is 10.5. The van der Waals surface area contributed by atoms with Gasteiger partial charge in [0.05, 0.1) is 0 Å². The van der Waals surface area contributed by atoms with Crippen LogP contribution in [0.4, 0.5) is 0 Å². The first-order valence-corrected chi connectivity index (χ1v) is 24.7. The van der Waals surface area contributed by atoms with Crippen LogP contribution in [0, 0.1) is 0 Å². The van der Waals surface area contributed by atoms with Crippen LogP contribution in [0.5, 0.6) is 0 Å². The third-order valence-electron chi connectivity index (χ3n) is 3.18. The van der Waals surface area contributed by atoms with Gasteiger partial charge >= 0.3 is 63.2 Å². The Morgan fingerprint density at radius 2 is 0.451 bits per heavy atom. The predicted octanol–water partition coefficient (Wildman–Crippen LogP) is -8.24. The fourth-order valence-corrected chi connectivity index (χ4v) is 10.3. The summed E-state index contributed by atoms with van der Waals surface area (Å²) >= 11 is 19.1. The number of hydrogen-bond donors (Lipinski definition) is 4. The van der Waals surface area contributed by atoms with Gasteiger partial charge in [-0.1, -0.05) is 46.4 Å². The minimum atomic E-state index is -5.61. The summed E-state index contributed by atoms with van der Waals surface area (Å²) in [5, 5.41) is 33.6. The zero-order valence-corrected chi connectivity index (χ0v) is 39.8. The molecule has 0 aromatic rings. The first-order valence-electron chi connectivity index (χ1n) is 9.70. The number of alkyl halides is 4. The van der Waals surface area contributed by atoms with Crippen molar-refractivity contribution in [3.05, 3.63) is 0 Å². The average Bonchev–Trinajstić information content (AvgIpc) is 2.85. The van der Waals surface area contributed by atoms with Crippen LogP contribution in [-0.4, -0.2) is 67.0 Å². The van der Waals surface area contributed by atoms with Gasteiger partial charge in [-0.25, -0.2) is 0 Å². The van der Waals surface area contributed by atoms with Gasteiger partial charge in [-0.2, -0.15) is 0 Å². The Labute approximate surface area is 348 Å².